The highest BCUT2D eigenvalue weighted by Crippen LogP contribution is 2.30. The molecule has 0 spiro atoms. The molecule has 0 aliphatic heterocycles. The Labute approximate surface area is 232 Å². The highest BCUT2D eigenvalue weighted by molar-refractivity contribution is 7.99. The summed E-state index contributed by atoms with van der Waals surface area (Å²) < 4.78 is 11.8. The van der Waals surface area contributed by atoms with E-state index in [1.807, 2.05) is 78.9 Å². The first-order valence-electron chi connectivity index (χ1n) is 12.8. The Balaban J connectivity index is 1.23. The molecule has 0 aliphatic rings. The molecule has 0 aliphatic carbocycles. The Morgan fingerprint density at radius 2 is 1.54 bits per heavy atom. The number of rotatable bonds is 10. The van der Waals surface area contributed by atoms with Crippen molar-refractivity contribution in [3.8, 4) is 22.9 Å². The van der Waals surface area contributed by atoms with Crippen LogP contribution in [-0.2, 0) is 17.8 Å². The van der Waals surface area contributed by atoms with Gasteiger partial charge in [-0.2, -0.15) is 5.26 Å². The summed E-state index contributed by atoms with van der Waals surface area (Å²) in [6.07, 6.45) is 0.408. The van der Waals surface area contributed by atoms with Crippen LogP contribution in [0.5, 0.6) is 5.75 Å². The molecule has 5 aromatic carbocycles. The minimum atomic E-state index is -0.396. The van der Waals surface area contributed by atoms with E-state index in [-0.39, 0.29) is 6.61 Å². The lowest BCUT2D eigenvalue weighted by molar-refractivity contribution is 0.0471. The van der Waals surface area contributed by atoms with Gasteiger partial charge in [-0.25, -0.2) is 4.79 Å². The molecule has 0 fully saturated rings. The second-order valence-corrected chi connectivity index (χ2v) is 10.1. The third kappa shape index (κ3) is 6.67. The number of fused-ring (bicyclic) bond motifs is 1. The lowest BCUT2D eigenvalue weighted by atomic mass is 10.0. The van der Waals surface area contributed by atoms with Crippen molar-refractivity contribution in [2.75, 3.05) is 12.4 Å². The van der Waals surface area contributed by atoms with Gasteiger partial charge in [-0.3, -0.25) is 0 Å². The number of carbonyl (C=O) groups excluding carboxylic acids is 1. The smallest absolute Gasteiger partial charge is 0.342 e. The largest absolute Gasteiger partial charge is 0.492 e. The van der Waals surface area contributed by atoms with Gasteiger partial charge in [0.2, 0.25) is 0 Å². The van der Waals surface area contributed by atoms with Crippen LogP contribution in [-0.4, -0.2) is 18.3 Å². The Morgan fingerprint density at radius 3 is 2.36 bits per heavy atom. The number of hydrogen-bond acceptors (Lipinski definition) is 5. The third-order valence-electron chi connectivity index (χ3n) is 6.32. The molecule has 0 saturated carbocycles. The maximum atomic E-state index is 13.2. The summed E-state index contributed by atoms with van der Waals surface area (Å²) in [6, 6.07) is 39.9. The van der Waals surface area contributed by atoms with Crippen molar-refractivity contribution >= 4 is 28.5 Å². The second kappa shape index (κ2) is 12.8. The molecule has 4 nitrogen and oxygen atoms in total. The summed E-state index contributed by atoms with van der Waals surface area (Å²) >= 11 is 1.70. The van der Waals surface area contributed by atoms with Crippen LogP contribution in [0.3, 0.4) is 0 Å². The number of carbonyl (C=O) groups is 1. The Kier molecular flexibility index (Phi) is 8.58. The van der Waals surface area contributed by atoms with Crippen molar-refractivity contribution in [1.29, 1.82) is 5.26 Å². The average Bonchev–Trinajstić information content (AvgIpc) is 2.99. The summed E-state index contributed by atoms with van der Waals surface area (Å²) in [5.41, 5.74) is 4.63. The molecule has 0 radical (unpaired) electrons. The lowest BCUT2D eigenvalue weighted by Crippen LogP contribution is -2.10. The molecule has 0 atom stereocenters. The zero-order valence-corrected chi connectivity index (χ0v) is 22.2. The number of esters is 1. The number of nitrogens with zero attached hydrogens (tertiary/aromatic N) is 1. The average molecular weight is 530 g/mol. The van der Waals surface area contributed by atoms with E-state index in [1.54, 1.807) is 11.8 Å². The first kappa shape index (κ1) is 26.1. The Morgan fingerprint density at radius 1 is 0.769 bits per heavy atom. The molecular weight excluding hydrogens is 502 g/mol. The van der Waals surface area contributed by atoms with E-state index < -0.39 is 5.97 Å². The number of hydrogen-bond donors (Lipinski definition) is 0. The van der Waals surface area contributed by atoms with Crippen LogP contribution < -0.4 is 4.74 Å². The van der Waals surface area contributed by atoms with Gasteiger partial charge < -0.3 is 9.47 Å². The van der Waals surface area contributed by atoms with Gasteiger partial charge in [0.05, 0.1) is 19.1 Å². The molecule has 39 heavy (non-hydrogen) atoms. The van der Waals surface area contributed by atoms with Crippen LogP contribution in [0.4, 0.5) is 0 Å². The molecule has 5 heteroatoms. The SMILES string of the molecule is N#CCc1cccc(-c2ccc(SCCOc3ccc4ccccc4c3C(=O)OCc3ccccc3)cc2)c1. The molecule has 0 aromatic heterocycles. The second-order valence-electron chi connectivity index (χ2n) is 8.98. The summed E-state index contributed by atoms with van der Waals surface area (Å²) in [4.78, 5) is 14.3. The molecule has 5 aromatic rings. The van der Waals surface area contributed by atoms with Crippen LogP contribution >= 0.6 is 11.8 Å². The molecule has 0 bridgehead atoms. The number of nitriles is 1. The van der Waals surface area contributed by atoms with E-state index in [1.165, 1.54) is 0 Å². The molecule has 0 saturated heterocycles. The predicted molar refractivity (Wildman–Crippen MR) is 157 cm³/mol. The zero-order valence-electron chi connectivity index (χ0n) is 21.4. The van der Waals surface area contributed by atoms with Crippen LogP contribution in [0.25, 0.3) is 21.9 Å². The third-order valence-corrected chi connectivity index (χ3v) is 7.29. The van der Waals surface area contributed by atoms with Gasteiger partial charge in [0.25, 0.3) is 0 Å². The van der Waals surface area contributed by atoms with E-state index in [0.717, 1.165) is 43.7 Å². The van der Waals surface area contributed by atoms with E-state index in [2.05, 4.69) is 42.5 Å². The summed E-state index contributed by atoms with van der Waals surface area (Å²) in [7, 11) is 0. The van der Waals surface area contributed by atoms with E-state index in [0.29, 0.717) is 24.3 Å². The molecule has 5 rings (SSSR count). The molecule has 192 valence electrons. The molecule has 0 heterocycles. The van der Waals surface area contributed by atoms with Gasteiger partial charge in [-0.15, -0.1) is 11.8 Å². The van der Waals surface area contributed by atoms with Gasteiger partial charge >= 0.3 is 5.97 Å². The van der Waals surface area contributed by atoms with E-state index in [9.17, 15) is 4.79 Å². The molecule has 0 N–H and O–H groups in total. The van der Waals surface area contributed by atoms with Crippen molar-refractivity contribution in [2.45, 2.75) is 17.9 Å². The van der Waals surface area contributed by atoms with Crippen molar-refractivity contribution in [3.63, 3.8) is 0 Å². The maximum absolute atomic E-state index is 13.2. The summed E-state index contributed by atoms with van der Waals surface area (Å²) in [6.45, 7) is 0.650. The van der Waals surface area contributed by atoms with E-state index in [4.69, 9.17) is 14.7 Å². The molecule has 0 amide bonds. The van der Waals surface area contributed by atoms with Crippen LogP contribution in [0.2, 0.25) is 0 Å². The Bertz CT molecular complexity index is 1610. The first-order valence-corrected chi connectivity index (χ1v) is 13.7. The van der Waals surface area contributed by atoms with Crippen LogP contribution in [0, 0.1) is 11.3 Å². The topological polar surface area (TPSA) is 59.3 Å². The zero-order chi connectivity index (χ0) is 26.9. The quantitative estimate of drug-likeness (QED) is 0.104. The fourth-order valence-electron chi connectivity index (χ4n) is 4.38. The molecule has 0 unspecified atom stereocenters. The summed E-state index contributed by atoms with van der Waals surface area (Å²) in [5.74, 6) is 0.857. The fourth-order valence-corrected chi connectivity index (χ4v) is 5.12. The van der Waals surface area contributed by atoms with E-state index >= 15 is 0 Å². The number of thioether (sulfide) groups is 1. The van der Waals surface area contributed by atoms with Gasteiger partial charge in [-0.1, -0.05) is 97.1 Å². The van der Waals surface area contributed by atoms with Crippen molar-refractivity contribution in [1.82, 2.24) is 0 Å². The number of benzene rings is 5. The maximum Gasteiger partial charge on any atom is 0.342 e. The van der Waals surface area contributed by atoms with Crippen LogP contribution in [0.1, 0.15) is 21.5 Å². The summed E-state index contributed by atoms with van der Waals surface area (Å²) in [5, 5.41) is 10.7. The minimum Gasteiger partial charge on any atom is -0.492 e. The van der Waals surface area contributed by atoms with Crippen molar-refractivity contribution < 1.29 is 14.3 Å². The van der Waals surface area contributed by atoms with Gasteiger partial charge in [0.15, 0.2) is 0 Å². The fraction of sp³-hybridized carbons (Fsp3) is 0.118. The van der Waals surface area contributed by atoms with Gasteiger partial charge in [0.1, 0.15) is 17.9 Å². The number of ether oxygens (including phenoxy) is 2. The first-order chi connectivity index (χ1) is 19.2. The normalized spacial score (nSPS) is 10.6. The van der Waals surface area contributed by atoms with Crippen LogP contribution in [0.15, 0.2) is 120 Å². The highest BCUT2D eigenvalue weighted by atomic mass is 32.2. The van der Waals surface area contributed by atoms with Crippen molar-refractivity contribution in [3.05, 3.63) is 132 Å². The minimum absolute atomic E-state index is 0.205. The Hall–Kier alpha value is -4.53. The predicted octanol–water partition coefficient (Wildman–Crippen LogP) is 8.10. The van der Waals surface area contributed by atoms with Crippen molar-refractivity contribution in [2.24, 2.45) is 0 Å². The van der Waals surface area contributed by atoms with Gasteiger partial charge in [-0.05, 0) is 51.2 Å². The highest BCUT2D eigenvalue weighted by Gasteiger charge is 2.18. The van der Waals surface area contributed by atoms with Gasteiger partial charge in [0, 0.05) is 10.6 Å². The standard InChI is InChI=1S/C34H27NO3S/c35-20-19-25-9-6-11-29(23-25)27-13-16-30(17-14-27)39-22-21-37-32-18-15-28-10-4-5-12-31(28)33(32)34(36)38-24-26-7-2-1-3-8-26/h1-18,23H,19,21-22,24H2. The molecular formula is C34H27NO3S. The monoisotopic (exact) mass is 529 g/mol. The lowest BCUT2D eigenvalue weighted by Gasteiger charge is -2.14.